The lowest BCUT2D eigenvalue weighted by Crippen LogP contribution is -2.26. The first-order valence-electron chi connectivity index (χ1n) is 6.04. The van der Waals surface area contributed by atoms with E-state index in [9.17, 15) is 5.11 Å². The Kier molecular flexibility index (Phi) is 4.34. The van der Waals surface area contributed by atoms with E-state index in [-0.39, 0.29) is 17.4 Å². The Hall–Kier alpha value is -0.860. The molecular formula is C15H24O2. The lowest BCUT2D eigenvalue weighted by Gasteiger charge is -2.28. The minimum atomic E-state index is -0.195. The van der Waals surface area contributed by atoms with Crippen LogP contribution in [0.25, 0.3) is 0 Å². The van der Waals surface area contributed by atoms with Crippen LogP contribution in [0, 0.1) is 0 Å². The molecule has 2 nitrogen and oxygen atoms in total. The lowest BCUT2D eigenvalue weighted by atomic mass is 9.79. The molecule has 1 aromatic rings. The third-order valence-electron chi connectivity index (χ3n) is 3.33. The van der Waals surface area contributed by atoms with Crippen LogP contribution in [-0.4, -0.2) is 25.4 Å². The molecule has 0 spiro atoms. The molecule has 0 heterocycles. The van der Waals surface area contributed by atoms with E-state index in [1.807, 2.05) is 0 Å². The van der Waals surface area contributed by atoms with Gasteiger partial charge in [-0.1, -0.05) is 52.0 Å². The van der Waals surface area contributed by atoms with E-state index in [2.05, 4.69) is 52.0 Å². The minimum Gasteiger partial charge on any atom is -0.395 e. The zero-order valence-electron chi connectivity index (χ0n) is 11.6. The molecule has 0 atom stereocenters. The Labute approximate surface area is 105 Å². The van der Waals surface area contributed by atoms with Crippen LogP contribution >= 0.6 is 0 Å². The van der Waals surface area contributed by atoms with Crippen molar-refractivity contribution in [3.8, 4) is 0 Å². The highest BCUT2D eigenvalue weighted by molar-refractivity contribution is 5.33. The van der Waals surface area contributed by atoms with Gasteiger partial charge >= 0.3 is 0 Å². The summed E-state index contributed by atoms with van der Waals surface area (Å²) in [4.78, 5) is 0. The Morgan fingerprint density at radius 1 is 1.06 bits per heavy atom. The number of aliphatic hydroxyl groups is 1. The fraction of sp³-hybridized carbons (Fsp3) is 0.600. The van der Waals surface area contributed by atoms with Gasteiger partial charge in [-0.05, 0) is 11.1 Å². The summed E-state index contributed by atoms with van der Waals surface area (Å²) in [6.07, 6.45) is 0. The fourth-order valence-electron chi connectivity index (χ4n) is 1.90. The lowest BCUT2D eigenvalue weighted by molar-refractivity contribution is 0.146. The van der Waals surface area contributed by atoms with E-state index >= 15 is 0 Å². The molecule has 0 aliphatic rings. The second-order valence-electron chi connectivity index (χ2n) is 5.94. The Morgan fingerprint density at radius 2 is 1.59 bits per heavy atom. The predicted molar refractivity (Wildman–Crippen MR) is 71.5 cm³/mol. The molecule has 0 radical (unpaired) electrons. The maximum atomic E-state index is 9.42. The molecule has 96 valence electrons. The normalized spacial score (nSPS) is 12.8. The van der Waals surface area contributed by atoms with E-state index < -0.39 is 0 Å². The molecule has 2 heteroatoms. The summed E-state index contributed by atoms with van der Waals surface area (Å²) >= 11 is 0. The van der Waals surface area contributed by atoms with Crippen LogP contribution in [0.1, 0.15) is 38.8 Å². The van der Waals surface area contributed by atoms with Gasteiger partial charge in [0, 0.05) is 17.9 Å². The van der Waals surface area contributed by atoms with Crippen molar-refractivity contribution < 1.29 is 9.84 Å². The molecule has 1 rings (SSSR count). The monoisotopic (exact) mass is 236 g/mol. The molecule has 0 fully saturated rings. The van der Waals surface area contributed by atoms with Gasteiger partial charge in [-0.2, -0.15) is 0 Å². The predicted octanol–water partition coefficient (Wildman–Crippen LogP) is 2.88. The number of rotatable bonds is 5. The van der Waals surface area contributed by atoms with Crippen LogP contribution < -0.4 is 0 Å². The summed E-state index contributed by atoms with van der Waals surface area (Å²) in [6, 6.07) is 8.42. The summed E-state index contributed by atoms with van der Waals surface area (Å²) in [5.41, 5.74) is 2.22. The highest BCUT2D eigenvalue weighted by Crippen LogP contribution is 2.29. The van der Waals surface area contributed by atoms with Gasteiger partial charge in [0.05, 0.1) is 13.2 Å². The van der Waals surface area contributed by atoms with Gasteiger partial charge in [0.25, 0.3) is 0 Å². The number of ether oxygens (including phenoxy) is 1. The zero-order valence-corrected chi connectivity index (χ0v) is 11.6. The molecule has 0 saturated heterocycles. The maximum Gasteiger partial charge on any atom is 0.0553 e. The maximum absolute atomic E-state index is 9.42. The smallest absolute Gasteiger partial charge is 0.0553 e. The SMILES string of the molecule is COCC(C)(C)c1cccc(C(C)(C)CO)c1. The van der Waals surface area contributed by atoms with Crippen LogP contribution in [0.3, 0.4) is 0 Å². The third-order valence-corrected chi connectivity index (χ3v) is 3.33. The number of hydrogen-bond acceptors (Lipinski definition) is 2. The molecule has 0 aliphatic carbocycles. The highest BCUT2D eigenvalue weighted by Gasteiger charge is 2.24. The summed E-state index contributed by atoms with van der Waals surface area (Å²) < 4.78 is 5.26. The molecule has 0 saturated carbocycles. The van der Waals surface area contributed by atoms with Crippen molar-refractivity contribution in [1.82, 2.24) is 0 Å². The molecule has 0 unspecified atom stereocenters. The fourth-order valence-corrected chi connectivity index (χ4v) is 1.90. The second kappa shape index (κ2) is 5.19. The van der Waals surface area contributed by atoms with Crippen molar-refractivity contribution in [2.45, 2.75) is 38.5 Å². The van der Waals surface area contributed by atoms with E-state index in [1.165, 1.54) is 11.1 Å². The van der Waals surface area contributed by atoms with Gasteiger partial charge in [0.15, 0.2) is 0 Å². The summed E-state index contributed by atoms with van der Waals surface area (Å²) in [5, 5.41) is 9.42. The van der Waals surface area contributed by atoms with Gasteiger partial charge in [0.1, 0.15) is 0 Å². The Morgan fingerprint density at radius 3 is 2.06 bits per heavy atom. The minimum absolute atomic E-state index is 0.00367. The second-order valence-corrected chi connectivity index (χ2v) is 5.94. The standard InChI is InChI=1S/C15H24O2/c1-14(2,10-16)12-7-6-8-13(9-12)15(3,4)11-17-5/h6-9,16H,10-11H2,1-5H3. The third kappa shape index (κ3) is 3.30. The van der Waals surface area contributed by atoms with Gasteiger partial charge in [-0.15, -0.1) is 0 Å². The average Bonchev–Trinajstić information content (AvgIpc) is 2.29. The van der Waals surface area contributed by atoms with E-state index in [1.54, 1.807) is 7.11 Å². The first-order valence-corrected chi connectivity index (χ1v) is 6.04. The Balaban J connectivity index is 3.09. The molecule has 0 amide bonds. The summed E-state index contributed by atoms with van der Waals surface area (Å²) in [5.74, 6) is 0. The molecule has 1 aromatic carbocycles. The average molecular weight is 236 g/mol. The molecule has 0 bridgehead atoms. The zero-order chi connectivity index (χ0) is 13.1. The topological polar surface area (TPSA) is 29.5 Å². The van der Waals surface area contributed by atoms with Gasteiger partial charge in [-0.25, -0.2) is 0 Å². The quantitative estimate of drug-likeness (QED) is 0.852. The molecule has 17 heavy (non-hydrogen) atoms. The number of methoxy groups -OCH3 is 1. The largest absolute Gasteiger partial charge is 0.395 e. The number of hydrogen-bond donors (Lipinski definition) is 1. The van der Waals surface area contributed by atoms with Crippen LogP contribution in [0.4, 0.5) is 0 Å². The van der Waals surface area contributed by atoms with Crippen molar-refractivity contribution in [3.63, 3.8) is 0 Å². The van der Waals surface area contributed by atoms with Crippen LogP contribution in [0.5, 0.6) is 0 Å². The van der Waals surface area contributed by atoms with Crippen LogP contribution in [0.2, 0.25) is 0 Å². The van der Waals surface area contributed by atoms with Crippen LogP contribution in [-0.2, 0) is 15.6 Å². The molecular weight excluding hydrogens is 212 g/mol. The van der Waals surface area contributed by atoms with Crippen molar-refractivity contribution in [1.29, 1.82) is 0 Å². The van der Waals surface area contributed by atoms with Gasteiger partial charge < -0.3 is 9.84 Å². The van der Waals surface area contributed by atoms with Gasteiger partial charge in [-0.3, -0.25) is 0 Å². The molecule has 0 aromatic heterocycles. The number of aliphatic hydroxyl groups excluding tert-OH is 1. The van der Waals surface area contributed by atoms with Crippen molar-refractivity contribution >= 4 is 0 Å². The Bertz CT molecular complexity index is 367. The van der Waals surface area contributed by atoms with Crippen molar-refractivity contribution in [2.75, 3.05) is 20.3 Å². The van der Waals surface area contributed by atoms with Gasteiger partial charge in [0.2, 0.25) is 0 Å². The summed E-state index contributed by atoms with van der Waals surface area (Å²) in [7, 11) is 1.73. The van der Waals surface area contributed by atoms with Crippen molar-refractivity contribution in [2.24, 2.45) is 0 Å². The van der Waals surface area contributed by atoms with Crippen molar-refractivity contribution in [3.05, 3.63) is 35.4 Å². The van der Waals surface area contributed by atoms with E-state index in [0.717, 1.165) is 0 Å². The first kappa shape index (κ1) is 14.2. The van der Waals surface area contributed by atoms with Crippen LogP contribution in [0.15, 0.2) is 24.3 Å². The number of benzene rings is 1. The first-order chi connectivity index (χ1) is 7.83. The van der Waals surface area contributed by atoms with E-state index in [0.29, 0.717) is 6.61 Å². The summed E-state index contributed by atoms with van der Waals surface area (Å²) in [6.45, 7) is 9.28. The van der Waals surface area contributed by atoms with E-state index in [4.69, 9.17) is 4.74 Å². The highest BCUT2D eigenvalue weighted by atomic mass is 16.5. The molecule has 0 aliphatic heterocycles. The molecule has 1 N–H and O–H groups in total.